The molecule has 0 saturated heterocycles. The van der Waals surface area contributed by atoms with E-state index >= 15 is 0 Å². The molecule has 19 heavy (non-hydrogen) atoms. The minimum Gasteiger partial charge on any atom is -0.383 e. The minimum absolute atomic E-state index is 0.168. The van der Waals surface area contributed by atoms with Crippen LogP contribution >= 0.6 is 0 Å². The number of hydrogen-bond acceptors (Lipinski definition) is 4. The van der Waals surface area contributed by atoms with Gasteiger partial charge < -0.3 is 19.6 Å². The van der Waals surface area contributed by atoms with Crippen LogP contribution in [0.25, 0.3) is 0 Å². The number of aromatic amines is 1. The first-order chi connectivity index (χ1) is 9.22. The lowest BCUT2D eigenvalue weighted by Crippen LogP contribution is -2.29. The van der Waals surface area contributed by atoms with Crippen LogP contribution in [0.3, 0.4) is 0 Å². The molecular weight excluding hydrogens is 246 g/mol. The van der Waals surface area contributed by atoms with E-state index in [1.165, 1.54) is 0 Å². The second-order valence-electron chi connectivity index (χ2n) is 4.15. The number of nitrogens with one attached hydrogen (secondary N) is 2. The molecule has 102 valence electrons. The lowest BCUT2D eigenvalue weighted by atomic mass is 10.3. The van der Waals surface area contributed by atoms with Gasteiger partial charge >= 0.3 is 0 Å². The number of rotatable bonds is 6. The third kappa shape index (κ3) is 3.19. The van der Waals surface area contributed by atoms with Crippen molar-refractivity contribution in [1.29, 1.82) is 0 Å². The Labute approximate surface area is 111 Å². The molecule has 0 aromatic carbocycles. The van der Waals surface area contributed by atoms with Crippen LogP contribution in [0.5, 0.6) is 0 Å². The SMILES string of the molecule is COCCn1cnnc1[C@@H](C)NC(=O)c1ccc[nH]1. The lowest BCUT2D eigenvalue weighted by Gasteiger charge is -2.14. The highest BCUT2D eigenvalue weighted by atomic mass is 16.5. The summed E-state index contributed by atoms with van der Waals surface area (Å²) in [6.07, 6.45) is 3.34. The summed E-state index contributed by atoms with van der Waals surface area (Å²) < 4.78 is 6.89. The average molecular weight is 263 g/mol. The zero-order valence-electron chi connectivity index (χ0n) is 11.0. The molecule has 1 atom stereocenters. The lowest BCUT2D eigenvalue weighted by molar-refractivity contribution is 0.0932. The highest BCUT2D eigenvalue weighted by Crippen LogP contribution is 2.09. The molecule has 0 aliphatic rings. The van der Waals surface area contributed by atoms with Crippen molar-refractivity contribution in [2.75, 3.05) is 13.7 Å². The summed E-state index contributed by atoms with van der Waals surface area (Å²) in [5, 5.41) is 10.8. The van der Waals surface area contributed by atoms with Crippen molar-refractivity contribution >= 4 is 5.91 Å². The van der Waals surface area contributed by atoms with E-state index in [-0.39, 0.29) is 11.9 Å². The van der Waals surface area contributed by atoms with E-state index in [0.29, 0.717) is 24.7 Å². The Bertz CT molecular complexity index is 520. The smallest absolute Gasteiger partial charge is 0.268 e. The highest BCUT2D eigenvalue weighted by molar-refractivity contribution is 5.92. The summed E-state index contributed by atoms with van der Waals surface area (Å²) in [7, 11) is 1.64. The van der Waals surface area contributed by atoms with Gasteiger partial charge in [0.2, 0.25) is 0 Å². The normalized spacial score (nSPS) is 12.3. The van der Waals surface area contributed by atoms with Crippen LogP contribution in [0, 0.1) is 0 Å². The first-order valence-corrected chi connectivity index (χ1v) is 6.03. The van der Waals surface area contributed by atoms with Crippen LogP contribution in [-0.4, -0.2) is 39.4 Å². The molecule has 2 heterocycles. The van der Waals surface area contributed by atoms with E-state index < -0.39 is 0 Å². The Hall–Kier alpha value is -2.15. The number of aromatic nitrogens is 4. The van der Waals surface area contributed by atoms with Gasteiger partial charge in [-0.25, -0.2) is 0 Å². The molecule has 0 saturated carbocycles. The van der Waals surface area contributed by atoms with Crippen LogP contribution in [-0.2, 0) is 11.3 Å². The Kier molecular flexibility index (Phi) is 4.30. The average Bonchev–Trinajstić information content (AvgIpc) is 3.07. The summed E-state index contributed by atoms with van der Waals surface area (Å²) in [6.45, 7) is 3.10. The number of ether oxygens (including phenoxy) is 1. The minimum atomic E-state index is -0.227. The van der Waals surface area contributed by atoms with Crippen molar-refractivity contribution in [3.8, 4) is 0 Å². The van der Waals surface area contributed by atoms with E-state index in [2.05, 4.69) is 20.5 Å². The van der Waals surface area contributed by atoms with E-state index in [9.17, 15) is 4.79 Å². The maximum absolute atomic E-state index is 11.9. The molecule has 1 amide bonds. The van der Waals surface area contributed by atoms with Crippen LogP contribution < -0.4 is 5.32 Å². The number of carbonyl (C=O) groups is 1. The first kappa shape index (κ1) is 13.3. The Morgan fingerprint density at radius 3 is 3.16 bits per heavy atom. The van der Waals surface area contributed by atoms with Gasteiger partial charge in [0.1, 0.15) is 12.0 Å². The van der Waals surface area contributed by atoms with Crippen molar-refractivity contribution in [2.45, 2.75) is 19.5 Å². The maximum atomic E-state index is 11.9. The molecule has 0 aliphatic carbocycles. The maximum Gasteiger partial charge on any atom is 0.268 e. The molecule has 7 heteroatoms. The highest BCUT2D eigenvalue weighted by Gasteiger charge is 2.16. The molecule has 0 aliphatic heterocycles. The molecule has 7 nitrogen and oxygen atoms in total. The summed E-state index contributed by atoms with van der Waals surface area (Å²) in [5.74, 6) is 0.538. The third-order valence-corrected chi connectivity index (χ3v) is 2.76. The summed E-state index contributed by atoms with van der Waals surface area (Å²) in [5.41, 5.74) is 0.523. The van der Waals surface area contributed by atoms with Crippen LogP contribution in [0.4, 0.5) is 0 Å². The molecule has 2 aromatic rings. The fourth-order valence-electron chi connectivity index (χ4n) is 1.77. The van der Waals surface area contributed by atoms with Gasteiger partial charge in [-0.05, 0) is 19.1 Å². The standard InChI is InChI=1S/C12H17N5O2/c1-9(15-12(18)10-4-3-5-13-10)11-16-14-8-17(11)6-7-19-2/h3-5,8-9,13H,6-7H2,1-2H3,(H,15,18)/t9-/m1/s1. The van der Waals surface area contributed by atoms with Gasteiger partial charge in [0.25, 0.3) is 5.91 Å². The zero-order valence-corrected chi connectivity index (χ0v) is 11.0. The Morgan fingerprint density at radius 1 is 1.63 bits per heavy atom. The first-order valence-electron chi connectivity index (χ1n) is 6.03. The van der Waals surface area contributed by atoms with Gasteiger partial charge in [-0.15, -0.1) is 10.2 Å². The van der Waals surface area contributed by atoms with E-state index in [1.807, 2.05) is 11.5 Å². The fraction of sp³-hybridized carbons (Fsp3) is 0.417. The number of hydrogen-bond donors (Lipinski definition) is 2. The number of H-pyrrole nitrogens is 1. The number of nitrogens with zero attached hydrogens (tertiary/aromatic N) is 3. The quantitative estimate of drug-likeness (QED) is 0.805. The molecule has 0 spiro atoms. The van der Waals surface area contributed by atoms with Gasteiger partial charge in [0.05, 0.1) is 12.6 Å². The van der Waals surface area contributed by atoms with Gasteiger partial charge in [-0.2, -0.15) is 0 Å². The van der Waals surface area contributed by atoms with Crippen molar-refractivity contribution < 1.29 is 9.53 Å². The van der Waals surface area contributed by atoms with E-state index in [1.54, 1.807) is 31.8 Å². The van der Waals surface area contributed by atoms with Gasteiger partial charge in [-0.1, -0.05) is 0 Å². The molecule has 0 bridgehead atoms. The van der Waals surface area contributed by atoms with Crippen LogP contribution in [0.15, 0.2) is 24.7 Å². The number of carbonyl (C=O) groups excluding carboxylic acids is 1. The number of amides is 1. The van der Waals surface area contributed by atoms with Crippen molar-refractivity contribution in [3.05, 3.63) is 36.2 Å². The summed E-state index contributed by atoms with van der Waals surface area (Å²) in [4.78, 5) is 14.8. The van der Waals surface area contributed by atoms with Gasteiger partial charge in [-0.3, -0.25) is 4.79 Å². The number of methoxy groups -OCH3 is 1. The Morgan fingerprint density at radius 2 is 2.47 bits per heavy atom. The van der Waals surface area contributed by atoms with Crippen LogP contribution in [0.2, 0.25) is 0 Å². The molecule has 2 N–H and O–H groups in total. The van der Waals surface area contributed by atoms with Gasteiger partial charge in [0.15, 0.2) is 5.82 Å². The third-order valence-electron chi connectivity index (χ3n) is 2.76. The Balaban J connectivity index is 2.01. The van der Waals surface area contributed by atoms with Crippen molar-refractivity contribution in [1.82, 2.24) is 25.1 Å². The summed E-state index contributed by atoms with van der Waals surface area (Å²) >= 11 is 0. The second kappa shape index (κ2) is 6.14. The zero-order chi connectivity index (χ0) is 13.7. The molecule has 0 fully saturated rings. The predicted molar refractivity (Wildman–Crippen MR) is 68.6 cm³/mol. The van der Waals surface area contributed by atoms with Crippen LogP contribution in [0.1, 0.15) is 29.3 Å². The second-order valence-corrected chi connectivity index (χ2v) is 4.15. The predicted octanol–water partition coefficient (Wildman–Crippen LogP) is 0.744. The molecular formula is C12H17N5O2. The molecule has 0 unspecified atom stereocenters. The van der Waals surface area contributed by atoms with Gasteiger partial charge in [0, 0.05) is 19.9 Å². The van der Waals surface area contributed by atoms with Crippen molar-refractivity contribution in [3.63, 3.8) is 0 Å². The molecule has 0 radical (unpaired) electrons. The molecule has 2 rings (SSSR count). The monoisotopic (exact) mass is 263 g/mol. The summed E-state index contributed by atoms with van der Waals surface area (Å²) in [6, 6.07) is 3.27. The van der Waals surface area contributed by atoms with Crippen molar-refractivity contribution in [2.24, 2.45) is 0 Å². The topological polar surface area (TPSA) is 84.8 Å². The van der Waals surface area contributed by atoms with E-state index in [4.69, 9.17) is 4.74 Å². The van der Waals surface area contributed by atoms with E-state index in [0.717, 1.165) is 0 Å². The fourth-order valence-corrected chi connectivity index (χ4v) is 1.77. The largest absolute Gasteiger partial charge is 0.383 e. The molecule has 2 aromatic heterocycles.